The lowest BCUT2D eigenvalue weighted by molar-refractivity contribution is 0.0843. The average Bonchev–Trinajstić information content (AvgIpc) is 3.43. The lowest BCUT2D eigenvalue weighted by Crippen LogP contribution is -2.41. The van der Waals surface area contributed by atoms with E-state index in [1.54, 1.807) is 30.3 Å². The number of rotatable bonds is 12. The third-order valence-corrected chi connectivity index (χ3v) is 8.07. The lowest BCUT2D eigenvalue weighted by Gasteiger charge is -2.34. The molecule has 3 N–H and O–H groups in total. The Kier molecular flexibility index (Phi) is 11.0. The molecule has 2 heterocycles. The molecule has 1 aliphatic heterocycles. The molecule has 1 fully saturated rings. The fourth-order valence-corrected chi connectivity index (χ4v) is 5.38. The van der Waals surface area contributed by atoms with Crippen molar-refractivity contribution in [3.05, 3.63) is 54.2 Å². The van der Waals surface area contributed by atoms with Crippen molar-refractivity contribution in [2.45, 2.75) is 71.6 Å². The zero-order valence-electron chi connectivity index (χ0n) is 24.9. The van der Waals surface area contributed by atoms with E-state index in [0.717, 1.165) is 44.5 Å². The molecule has 0 aliphatic carbocycles. The highest BCUT2D eigenvalue weighted by molar-refractivity contribution is 7.17. The van der Waals surface area contributed by atoms with E-state index in [0.29, 0.717) is 39.0 Å². The van der Waals surface area contributed by atoms with Crippen molar-refractivity contribution in [2.24, 2.45) is 0 Å². The van der Waals surface area contributed by atoms with Gasteiger partial charge in [-0.2, -0.15) is 0 Å². The number of methoxy groups -OCH3 is 1. The molecule has 1 aromatic heterocycles. The summed E-state index contributed by atoms with van der Waals surface area (Å²) in [6, 6.07) is 12.7. The first-order valence-corrected chi connectivity index (χ1v) is 15.3. The van der Waals surface area contributed by atoms with E-state index in [1.165, 1.54) is 24.6 Å². The number of hydrogen-bond acceptors (Lipinski definition) is 8. The average molecular weight is 596 g/mol. The smallest absolute Gasteiger partial charge is 0.319 e. The van der Waals surface area contributed by atoms with E-state index in [1.807, 2.05) is 26.0 Å². The second-order valence-corrected chi connectivity index (χ2v) is 11.5. The van der Waals surface area contributed by atoms with Gasteiger partial charge in [0.15, 0.2) is 16.6 Å². The summed E-state index contributed by atoms with van der Waals surface area (Å²) < 4.78 is 17.6. The lowest BCUT2D eigenvalue weighted by atomic mass is 10.1. The molecule has 226 valence electrons. The van der Waals surface area contributed by atoms with E-state index < -0.39 is 0 Å². The normalized spacial score (nSPS) is 14.1. The Bertz CT molecular complexity index is 1320. The molecule has 0 unspecified atom stereocenters. The van der Waals surface area contributed by atoms with Crippen molar-refractivity contribution >= 4 is 34.1 Å². The fraction of sp³-hybridized carbons (Fsp3) is 0.452. The first-order valence-electron chi connectivity index (χ1n) is 14.5. The summed E-state index contributed by atoms with van der Waals surface area (Å²) in [5, 5.41) is 9.47. The summed E-state index contributed by atoms with van der Waals surface area (Å²) in [7, 11) is 1.53. The van der Waals surface area contributed by atoms with Crippen molar-refractivity contribution < 1.29 is 23.8 Å². The number of anilines is 2. The Labute approximate surface area is 251 Å². The second-order valence-electron chi connectivity index (χ2n) is 10.5. The molecule has 0 radical (unpaired) electrons. The maximum Gasteiger partial charge on any atom is 0.319 e. The van der Waals surface area contributed by atoms with Crippen LogP contribution in [0.15, 0.2) is 48.7 Å². The molecule has 0 atom stereocenters. The number of ether oxygens (including phenoxy) is 3. The molecule has 3 aromatic rings. The van der Waals surface area contributed by atoms with E-state index in [9.17, 15) is 9.59 Å². The zero-order valence-corrected chi connectivity index (χ0v) is 25.8. The van der Waals surface area contributed by atoms with Crippen LogP contribution in [0.2, 0.25) is 0 Å². The highest BCUT2D eigenvalue weighted by Crippen LogP contribution is 2.37. The van der Waals surface area contributed by atoms with Gasteiger partial charge in [-0.25, -0.2) is 9.78 Å². The van der Waals surface area contributed by atoms with Gasteiger partial charge in [-0.3, -0.25) is 10.1 Å². The standard InChI is InChI=1S/C31H41N5O5S/c1-6-22(7-2)33-30(38)34-23-10-13-26(27(18-23)39-5)41-28-19-32-31(42-28)35-29(37)21-8-11-24(12-9-21)40-25-14-16-36(17-15-25)20(3)4/h8-13,18-20,22,25H,6-7,14-17H2,1-5H3,(H,32,35,37)(H2,33,34,38). The Balaban J connectivity index is 1.29. The number of benzene rings is 2. The van der Waals surface area contributed by atoms with Gasteiger partial charge in [-0.05, 0) is 75.9 Å². The minimum Gasteiger partial charge on any atom is -0.493 e. The third kappa shape index (κ3) is 8.59. The summed E-state index contributed by atoms with van der Waals surface area (Å²) in [6.07, 6.45) is 5.44. The highest BCUT2D eigenvalue weighted by Gasteiger charge is 2.22. The molecular formula is C31H41N5O5S. The second kappa shape index (κ2) is 14.9. The SMILES string of the molecule is CCC(CC)NC(=O)Nc1ccc(Oc2cnc(NC(=O)c3ccc(OC4CCN(C(C)C)CC4)cc3)s2)c(OC)c1. The number of likely N-dealkylation sites (tertiary alicyclic amines) is 1. The van der Waals surface area contributed by atoms with Crippen LogP contribution in [0.5, 0.6) is 22.3 Å². The maximum atomic E-state index is 12.8. The monoisotopic (exact) mass is 595 g/mol. The number of piperidine rings is 1. The minimum atomic E-state index is -0.271. The molecule has 1 aliphatic rings. The largest absolute Gasteiger partial charge is 0.493 e. The van der Waals surface area contributed by atoms with Crippen molar-refractivity contribution in [1.82, 2.24) is 15.2 Å². The van der Waals surface area contributed by atoms with Crippen LogP contribution in [0, 0.1) is 0 Å². The van der Waals surface area contributed by atoms with Crippen LogP contribution < -0.4 is 30.2 Å². The topological polar surface area (TPSA) is 114 Å². The van der Waals surface area contributed by atoms with Gasteiger partial charge in [0.1, 0.15) is 11.9 Å². The molecule has 3 amide bonds. The first kappa shape index (κ1) is 31.1. The molecule has 42 heavy (non-hydrogen) atoms. The van der Waals surface area contributed by atoms with Gasteiger partial charge >= 0.3 is 6.03 Å². The van der Waals surface area contributed by atoms with Crippen molar-refractivity contribution in [2.75, 3.05) is 30.8 Å². The minimum absolute atomic E-state index is 0.117. The highest BCUT2D eigenvalue weighted by atomic mass is 32.1. The number of nitrogens with zero attached hydrogens (tertiary/aromatic N) is 2. The quantitative estimate of drug-likeness (QED) is 0.212. The Morgan fingerprint density at radius 2 is 1.74 bits per heavy atom. The Hall–Kier alpha value is -3.83. The number of thiazole rings is 1. The summed E-state index contributed by atoms with van der Waals surface area (Å²) in [5.41, 5.74) is 1.08. The van der Waals surface area contributed by atoms with E-state index in [4.69, 9.17) is 14.2 Å². The fourth-order valence-electron chi connectivity index (χ4n) is 4.70. The van der Waals surface area contributed by atoms with Crippen molar-refractivity contribution in [3.63, 3.8) is 0 Å². The zero-order chi connectivity index (χ0) is 30.1. The molecule has 0 spiro atoms. The molecule has 1 saturated heterocycles. The molecular weight excluding hydrogens is 554 g/mol. The molecule has 2 aromatic carbocycles. The number of amides is 3. The molecule has 10 nitrogen and oxygen atoms in total. The van der Waals surface area contributed by atoms with E-state index in [2.05, 4.69) is 39.7 Å². The number of carbonyl (C=O) groups excluding carboxylic acids is 2. The molecule has 11 heteroatoms. The number of aromatic nitrogens is 1. The van der Waals surface area contributed by atoms with Gasteiger partial charge in [0.05, 0.1) is 13.3 Å². The third-order valence-electron chi connectivity index (χ3n) is 7.28. The van der Waals surface area contributed by atoms with Crippen LogP contribution in [0.4, 0.5) is 15.6 Å². The number of carbonyl (C=O) groups is 2. The van der Waals surface area contributed by atoms with Gasteiger partial charge in [-0.15, -0.1) is 0 Å². The number of nitrogens with one attached hydrogen (secondary N) is 3. The van der Waals surface area contributed by atoms with Crippen LogP contribution in [0.1, 0.15) is 63.7 Å². The van der Waals surface area contributed by atoms with Gasteiger partial charge in [0.2, 0.25) is 5.06 Å². The summed E-state index contributed by atoms with van der Waals surface area (Å²) >= 11 is 1.20. The summed E-state index contributed by atoms with van der Waals surface area (Å²) in [5.74, 6) is 1.39. The maximum absolute atomic E-state index is 12.8. The van der Waals surface area contributed by atoms with Crippen molar-refractivity contribution in [1.29, 1.82) is 0 Å². The van der Waals surface area contributed by atoms with E-state index in [-0.39, 0.29) is 24.1 Å². The van der Waals surface area contributed by atoms with Gasteiger partial charge in [0, 0.05) is 42.5 Å². The molecule has 0 saturated carbocycles. The molecule has 4 rings (SSSR count). The van der Waals surface area contributed by atoms with Gasteiger partial charge in [-0.1, -0.05) is 25.2 Å². The van der Waals surface area contributed by atoms with Crippen LogP contribution in [-0.4, -0.2) is 60.2 Å². The van der Waals surface area contributed by atoms with Crippen LogP contribution in [0.3, 0.4) is 0 Å². The van der Waals surface area contributed by atoms with Crippen LogP contribution in [0.25, 0.3) is 0 Å². The Morgan fingerprint density at radius 1 is 1.02 bits per heavy atom. The predicted molar refractivity (Wildman–Crippen MR) is 166 cm³/mol. The molecule has 0 bridgehead atoms. The van der Waals surface area contributed by atoms with E-state index >= 15 is 0 Å². The van der Waals surface area contributed by atoms with Crippen LogP contribution >= 0.6 is 11.3 Å². The number of hydrogen-bond donors (Lipinski definition) is 3. The summed E-state index contributed by atoms with van der Waals surface area (Å²) in [6.45, 7) is 10.6. The first-order chi connectivity index (χ1) is 20.3. The predicted octanol–water partition coefficient (Wildman–Crippen LogP) is 6.76. The van der Waals surface area contributed by atoms with Crippen molar-refractivity contribution in [3.8, 4) is 22.3 Å². The van der Waals surface area contributed by atoms with Gasteiger partial charge < -0.3 is 29.7 Å². The van der Waals surface area contributed by atoms with Crippen LogP contribution in [-0.2, 0) is 0 Å². The Morgan fingerprint density at radius 3 is 2.38 bits per heavy atom. The van der Waals surface area contributed by atoms with Gasteiger partial charge in [0.25, 0.3) is 5.91 Å². The number of urea groups is 1. The summed E-state index contributed by atoms with van der Waals surface area (Å²) in [4.78, 5) is 31.9.